The van der Waals surface area contributed by atoms with Gasteiger partial charge in [-0.15, -0.1) is 12.6 Å². The van der Waals surface area contributed by atoms with Crippen molar-refractivity contribution in [3.8, 4) is 0 Å². The maximum absolute atomic E-state index is 12.7. The number of nitrogens with zero attached hydrogens (tertiary/aromatic N) is 3. The monoisotopic (exact) mass is 442 g/mol. The fraction of sp³-hybridized carbons (Fsp3) is 0.0833. The van der Waals surface area contributed by atoms with Crippen LogP contribution < -0.4 is 5.69 Å². The topological polar surface area (TPSA) is 93.8 Å². The van der Waals surface area contributed by atoms with Gasteiger partial charge in [-0.25, -0.2) is 9.78 Å². The number of nitro groups is 1. The molecule has 5 aromatic rings. The molecule has 0 spiro atoms. The van der Waals surface area contributed by atoms with Crippen LogP contribution in [-0.4, -0.2) is 19.5 Å². The van der Waals surface area contributed by atoms with Gasteiger partial charge in [0.05, 0.1) is 33.2 Å². The number of hydrogen-bond donors (Lipinski definition) is 2. The van der Waals surface area contributed by atoms with E-state index in [1.54, 1.807) is 12.1 Å². The fourth-order valence-electron chi connectivity index (χ4n) is 3.98. The number of H-pyrrole nitrogens is 1. The lowest BCUT2D eigenvalue weighted by Crippen LogP contribution is -2.17. The number of thiol groups is 1. The van der Waals surface area contributed by atoms with E-state index in [1.165, 1.54) is 16.7 Å². The number of benzene rings is 3. The normalized spacial score (nSPS) is 11.3. The first-order valence-electron chi connectivity index (χ1n) is 10.0. The SMILES string of the molecule is O=c1[nH]c(Cc2c3ccccc3nc3ccccc23)c(S)n1Cc1ccc([N+](=O)[O-])cc1. The Labute approximate surface area is 187 Å². The van der Waals surface area contributed by atoms with Crippen LogP contribution in [0.25, 0.3) is 21.8 Å². The van der Waals surface area contributed by atoms with Crippen LogP contribution in [0.4, 0.5) is 5.69 Å². The summed E-state index contributed by atoms with van der Waals surface area (Å²) in [6, 6.07) is 22.1. The van der Waals surface area contributed by atoms with Gasteiger partial charge in [0, 0.05) is 29.3 Å². The van der Waals surface area contributed by atoms with Crippen LogP contribution in [-0.2, 0) is 13.0 Å². The van der Waals surface area contributed by atoms with Gasteiger partial charge in [0.2, 0.25) is 0 Å². The van der Waals surface area contributed by atoms with E-state index < -0.39 is 4.92 Å². The lowest BCUT2D eigenvalue weighted by Gasteiger charge is -2.11. The Balaban J connectivity index is 1.55. The summed E-state index contributed by atoms with van der Waals surface area (Å²) >= 11 is 4.64. The summed E-state index contributed by atoms with van der Waals surface area (Å²) < 4.78 is 1.53. The van der Waals surface area contributed by atoms with Crippen molar-refractivity contribution in [2.45, 2.75) is 18.0 Å². The van der Waals surface area contributed by atoms with E-state index in [-0.39, 0.29) is 17.9 Å². The van der Waals surface area contributed by atoms with Crippen molar-refractivity contribution < 1.29 is 4.92 Å². The van der Waals surface area contributed by atoms with Crippen LogP contribution in [0.1, 0.15) is 16.8 Å². The Morgan fingerprint density at radius 2 is 1.53 bits per heavy atom. The van der Waals surface area contributed by atoms with Crippen LogP contribution in [0.5, 0.6) is 0 Å². The Hall–Kier alpha value is -3.91. The molecule has 0 saturated heterocycles. The molecule has 3 aromatic carbocycles. The second-order valence-electron chi connectivity index (χ2n) is 7.54. The Morgan fingerprint density at radius 3 is 2.12 bits per heavy atom. The van der Waals surface area contributed by atoms with Crippen molar-refractivity contribution >= 4 is 40.1 Å². The third-order valence-electron chi connectivity index (χ3n) is 5.57. The van der Waals surface area contributed by atoms with Crippen LogP contribution in [0.3, 0.4) is 0 Å². The van der Waals surface area contributed by atoms with E-state index in [0.29, 0.717) is 17.1 Å². The molecule has 0 aliphatic rings. The largest absolute Gasteiger partial charge is 0.326 e. The number of non-ortho nitro benzene ring substituents is 1. The second kappa shape index (κ2) is 7.97. The van der Waals surface area contributed by atoms with Crippen LogP contribution in [0, 0.1) is 10.1 Å². The number of para-hydroxylation sites is 2. The minimum Gasteiger partial charge on any atom is -0.308 e. The molecule has 0 bridgehead atoms. The number of imidazole rings is 1. The Kier molecular flexibility index (Phi) is 4.99. The molecule has 0 radical (unpaired) electrons. The highest BCUT2D eigenvalue weighted by molar-refractivity contribution is 7.80. The number of hydrogen-bond acceptors (Lipinski definition) is 5. The number of aromatic nitrogens is 3. The van der Waals surface area contributed by atoms with E-state index in [2.05, 4.69) is 17.6 Å². The molecule has 8 heteroatoms. The van der Waals surface area contributed by atoms with Gasteiger partial charge in [-0.2, -0.15) is 0 Å². The molecule has 0 saturated carbocycles. The molecule has 32 heavy (non-hydrogen) atoms. The van der Waals surface area contributed by atoms with E-state index in [4.69, 9.17) is 4.98 Å². The molecule has 0 atom stereocenters. The number of pyridine rings is 1. The highest BCUT2D eigenvalue weighted by Gasteiger charge is 2.16. The van der Waals surface area contributed by atoms with Crippen molar-refractivity contribution in [1.82, 2.24) is 14.5 Å². The number of nitro benzene ring substituents is 1. The number of nitrogens with one attached hydrogen (secondary N) is 1. The lowest BCUT2D eigenvalue weighted by atomic mass is 9.99. The number of aromatic amines is 1. The van der Waals surface area contributed by atoms with E-state index in [1.807, 2.05) is 48.5 Å². The molecule has 0 aliphatic carbocycles. The zero-order valence-electron chi connectivity index (χ0n) is 16.9. The highest BCUT2D eigenvalue weighted by Crippen LogP contribution is 2.29. The first-order valence-corrected chi connectivity index (χ1v) is 10.5. The molecule has 1 N–H and O–H groups in total. The van der Waals surface area contributed by atoms with Crippen LogP contribution in [0.2, 0.25) is 0 Å². The minimum absolute atomic E-state index is 0.0124. The van der Waals surface area contributed by atoms with E-state index in [9.17, 15) is 14.9 Å². The Morgan fingerprint density at radius 1 is 0.938 bits per heavy atom. The van der Waals surface area contributed by atoms with Gasteiger partial charge in [0.25, 0.3) is 5.69 Å². The van der Waals surface area contributed by atoms with Gasteiger partial charge in [-0.1, -0.05) is 48.5 Å². The zero-order valence-corrected chi connectivity index (χ0v) is 17.8. The van der Waals surface area contributed by atoms with Crippen molar-refractivity contribution in [3.05, 3.63) is 110 Å². The van der Waals surface area contributed by atoms with Crippen LogP contribution >= 0.6 is 12.6 Å². The fourth-order valence-corrected chi connectivity index (χ4v) is 4.28. The molecule has 0 aliphatic heterocycles. The summed E-state index contributed by atoms with van der Waals surface area (Å²) in [5.74, 6) is 0. The van der Waals surface area contributed by atoms with Crippen molar-refractivity contribution in [3.63, 3.8) is 0 Å². The van der Waals surface area contributed by atoms with Crippen LogP contribution in [0.15, 0.2) is 82.6 Å². The molecule has 158 valence electrons. The summed E-state index contributed by atoms with van der Waals surface area (Å²) in [4.78, 5) is 30.8. The average Bonchev–Trinajstić information content (AvgIpc) is 3.06. The molecule has 0 amide bonds. The molecule has 5 rings (SSSR count). The number of rotatable bonds is 5. The summed E-state index contributed by atoms with van der Waals surface area (Å²) in [6.07, 6.45) is 0.491. The third kappa shape index (κ3) is 3.54. The molecular weight excluding hydrogens is 424 g/mol. The summed E-state index contributed by atoms with van der Waals surface area (Å²) in [5.41, 5.74) is 4.10. The summed E-state index contributed by atoms with van der Waals surface area (Å²) in [7, 11) is 0. The molecule has 0 fully saturated rings. The van der Waals surface area contributed by atoms with Crippen molar-refractivity contribution in [1.29, 1.82) is 0 Å². The lowest BCUT2D eigenvalue weighted by molar-refractivity contribution is -0.384. The standard InChI is InChI=1S/C24H18N4O3S/c29-24-26-22(23(32)27(24)14-15-9-11-16(12-10-15)28(30)31)13-19-17-5-1-3-7-20(17)25-21-8-4-2-6-18(19)21/h1-12,32H,13-14H2,(H,26,29). The van der Waals surface area contributed by atoms with E-state index >= 15 is 0 Å². The molecule has 2 heterocycles. The smallest absolute Gasteiger partial charge is 0.308 e. The first-order chi connectivity index (χ1) is 15.5. The molecule has 0 unspecified atom stereocenters. The van der Waals surface area contributed by atoms with E-state index in [0.717, 1.165) is 32.9 Å². The summed E-state index contributed by atoms with van der Waals surface area (Å²) in [5, 5.41) is 13.5. The van der Waals surface area contributed by atoms with Gasteiger partial charge in [0.1, 0.15) is 0 Å². The van der Waals surface area contributed by atoms with Gasteiger partial charge in [-0.05, 0) is 23.3 Å². The second-order valence-corrected chi connectivity index (χ2v) is 7.97. The Bertz CT molecular complexity index is 1480. The predicted molar refractivity (Wildman–Crippen MR) is 127 cm³/mol. The maximum Gasteiger partial charge on any atom is 0.326 e. The summed E-state index contributed by atoms with van der Waals surface area (Å²) in [6.45, 7) is 0.268. The molecular formula is C24H18N4O3S. The predicted octanol–water partition coefficient (Wildman–Crippen LogP) is 4.71. The molecule has 2 aromatic heterocycles. The van der Waals surface area contributed by atoms with Gasteiger partial charge >= 0.3 is 5.69 Å². The molecule has 7 nitrogen and oxygen atoms in total. The third-order valence-corrected chi connectivity index (χ3v) is 6.08. The maximum atomic E-state index is 12.7. The van der Waals surface area contributed by atoms with Gasteiger partial charge in [0.15, 0.2) is 0 Å². The van der Waals surface area contributed by atoms with Crippen molar-refractivity contribution in [2.24, 2.45) is 0 Å². The highest BCUT2D eigenvalue weighted by atomic mass is 32.1. The minimum atomic E-state index is -0.447. The van der Waals surface area contributed by atoms with Gasteiger partial charge < -0.3 is 4.98 Å². The van der Waals surface area contributed by atoms with Crippen molar-refractivity contribution in [2.75, 3.05) is 0 Å². The van der Waals surface area contributed by atoms with Gasteiger partial charge in [-0.3, -0.25) is 14.7 Å². The average molecular weight is 443 g/mol. The number of fused-ring (bicyclic) bond motifs is 2. The quantitative estimate of drug-likeness (QED) is 0.178. The first kappa shape index (κ1) is 20.0. The zero-order chi connectivity index (χ0) is 22.2.